The van der Waals surface area contributed by atoms with Gasteiger partial charge in [-0.2, -0.15) is 5.26 Å². The molecule has 0 saturated carbocycles. The van der Waals surface area contributed by atoms with Gasteiger partial charge in [0, 0.05) is 60.1 Å². The summed E-state index contributed by atoms with van der Waals surface area (Å²) in [6.07, 6.45) is 6.46. The van der Waals surface area contributed by atoms with Crippen molar-refractivity contribution in [2.24, 2.45) is 0 Å². The van der Waals surface area contributed by atoms with Crippen LogP contribution in [0.25, 0.3) is 105 Å². The van der Waals surface area contributed by atoms with Gasteiger partial charge in [0.15, 0.2) is 0 Å². The van der Waals surface area contributed by atoms with Crippen molar-refractivity contribution < 1.29 is 8.83 Å². The SMILES string of the molecule is N#Cc1ccc(-n2c3ccccc3c3c4c(ccc32)oc2ccccc24)c(-c2ccccc2-n2c3c(c4c5c(ccc42)oc2ccccc25)C=CCC3)c1. The lowest BCUT2D eigenvalue weighted by molar-refractivity contribution is 0.669. The molecule has 0 unspecified atom stereocenters. The Kier molecular flexibility index (Phi) is 5.90. The highest BCUT2D eigenvalue weighted by atomic mass is 16.3. The van der Waals surface area contributed by atoms with E-state index in [0.29, 0.717) is 5.56 Å². The zero-order chi connectivity index (χ0) is 35.5. The topological polar surface area (TPSA) is 59.9 Å². The lowest BCUT2D eigenvalue weighted by atomic mass is 9.98. The summed E-state index contributed by atoms with van der Waals surface area (Å²) in [5.41, 5.74) is 14.1. The van der Waals surface area contributed by atoms with Crippen molar-refractivity contribution in [2.45, 2.75) is 12.8 Å². The van der Waals surface area contributed by atoms with Gasteiger partial charge >= 0.3 is 0 Å². The normalized spacial score (nSPS) is 12.9. The van der Waals surface area contributed by atoms with Crippen LogP contribution in [0.3, 0.4) is 0 Å². The fourth-order valence-electron chi connectivity index (χ4n) is 9.24. The quantitative estimate of drug-likeness (QED) is 0.185. The standard InChI is InChI=1S/C49H29N3O2/c50-28-29-21-22-39(52-38-18-8-3-13-32(38)47-41(52)24-26-45-49(47)34-15-5-10-20-43(34)54-45)35(27-29)30-11-1-6-16-36(30)51-37-17-7-2-12-31(37)46-40(51)23-25-44-48(46)33-14-4-9-19-42(33)53-44/h1-6,8-16,18-27H,7,17H2. The molecular formula is C49H29N3O2. The molecule has 7 aromatic carbocycles. The van der Waals surface area contributed by atoms with Crippen LogP contribution >= 0.6 is 0 Å². The molecule has 0 bridgehead atoms. The minimum Gasteiger partial charge on any atom is -0.456 e. The molecule has 1 aliphatic carbocycles. The van der Waals surface area contributed by atoms with Crippen LogP contribution in [-0.2, 0) is 6.42 Å². The Labute approximate surface area is 308 Å². The van der Waals surface area contributed by atoms with E-state index in [2.05, 4.69) is 137 Å². The Morgan fingerprint density at radius 1 is 0.500 bits per heavy atom. The lowest BCUT2D eigenvalue weighted by Crippen LogP contribution is -2.06. The number of furan rings is 2. The second-order valence-corrected chi connectivity index (χ2v) is 14.2. The maximum absolute atomic E-state index is 10.3. The number of fused-ring (bicyclic) bond motifs is 14. The van der Waals surface area contributed by atoms with Crippen LogP contribution in [0.1, 0.15) is 23.2 Å². The first-order valence-corrected chi connectivity index (χ1v) is 18.4. The highest BCUT2D eigenvalue weighted by molar-refractivity contribution is 6.27. The summed E-state index contributed by atoms with van der Waals surface area (Å²) < 4.78 is 17.6. The van der Waals surface area contributed by atoms with E-state index in [4.69, 9.17) is 8.83 Å². The van der Waals surface area contributed by atoms with E-state index >= 15 is 0 Å². The number of hydrogen-bond acceptors (Lipinski definition) is 3. The van der Waals surface area contributed by atoms with Crippen LogP contribution < -0.4 is 0 Å². The molecular weight excluding hydrogens is 663 g/mol. The van der Waals surface area contributed by atoms with Crippen LogP contribution in [0.4, 0.5) is 0 Å². The molecule has 4 aromatic heterocycles. The molecule has 0 N–H and O–H groups in total. The van der Waals surface area contributed by atoms with Gasteiger partial charge in [0.25, 0.3) is 0 Å². The van der Waals surface area contributed by atoms with E-state index in [1.807, 2.05) is 30.3 Å². The monoisotopic (exact) mass is 691 g/mol. The van der Waals surface area contributed by atoms with Gasteiger partial charge in [0.2, 0.25) is 0 Å². The van der Waals surface area contributed by atoms with Gasteiger partial charge in [-0.15, -0.1) is 0 Å². The van der Waals surface area contributed by atoms with Crippen molar-refractivity contribution in [3.63, 3.8) is 0 Å². The highest BCUT2D eigenvalue weighted by Gasteiger charge is 2.26. The van der Waals surface area contributed by atoms with Gasteiger partial charge < -0.3 is 18.0 Å². The molecule has 0 atom stereocenters. The summed E-state index contributed by atoms with van der Waals surface area (Å²) in [5, 5.41) is 18.3. The lowest BCUT2D eigenvalue weighted by Gasteiger charge is -2.20. The maximum Gasteiger partial charge on any atom is 0.136 e. The highest BCUT2D eigenvalue weighted by Crippen LogP contribution is 2.46. The predicted octanol–water partition coefficient (Wildman–Crippen LogP) is 13.0. The summed E-state index contributed by atoms with van der Waals surface area (Å²) in [4.78, 5) is 0. The first-order chi connectivity index (χ1) is 26.8. The second-order valence-electron chi connectivity index (χ2n) is 14.2. The minimum atomic E-state index is 0.612. The van der Waals surface area contributed by atoms with Gasteiger partial charge in [-0.1, -0.05) is 84.9 Å². The third kappa shape index (κ3) is 3.86. The van der Waals surface area contributed by atoms with Gasteiger partial charge in [0.1, 0.15) is 22.3 Å². The molecule has 4 heterocycles. The Morgan fingerprint density at radius 2 is 1.13 bits per heavy atom. The molecule has 0 radical (unpaired) electrons. The van der Waals surface area contributed by atoms with Crippen molar-refractivity contribution in [2.75, 3.05) is 0 Å². The molecule has 0 fully saturated rings. The van der Waals surface area contributed by atoms with Gasteiger partial charge in [-0.3, -0.25) is 0 Å². The molecule has 1 aliphatic rings. The first kappa shape index (κ1) is 29.3. The molecule has 0 saturated heterocycles. The van der Waals surface area contributed by atoms with E-state index in [1.165, 1.54) is 16.6 Å². The Bertz CT molecular complexity index is 3470. The Morgan fingerprint density at radius 3 is 1.89 bits per heavy atom. The Hall–Kier alpha value is -7.29. The van der Waals surface area contributed by atoms with Crippen LogP contribution in [0.5, 0.6) is 0 Å². The number of benzene rings is 7. The zero-order valence-corrected chi connectivity index (χ0v) is 29.0. The largest absolute Gasteiger partial charge is 0.456 e. The summed E-state index contributed by atoms with van der Waals surface area (Å²) in [6.45, 7) is 0. The minimum absolute atomic E-state index is 0.612. The van der Waals surface area contributed by atoms with Gasteiger partial charge in [-0.25, -0.2) is 0 Å². The van der Waals surface area contributed by atoms with Crippen molar-refractivity contribution in [3.05, 3.63) is 162 Å². The molecule has 11 aromatic rings. The summed E-state index contributed by atoms with van der Waals surface area (Å²) in [5.74, 6) is 0. The number of allylic oxidation sites excluding steroid dienone is 1. The predicted molar refractivity (Wildman–Crippen MR) is 220 cm³/mol. The van der Waals surface area contributed by atoms with Crippen LogP contribution in [0.15, 0.2) is 154 Å². The first-order valence-electron chi connectivity index (χ1n) is 18.4. The van der Waals surface area contributed by atoms with Gasteiger partial charge in [0.05, 0.1) is 39.6 Å². The molecule has 54 heavy (non-hydrogen) atoms. The maximum atomic E-state index is 10.3. The van der Waals surface area contributed by atoms with Gasteiger partial charge in [-0.05, 0) is 79.6 Å². The fraction of sp³-hybridized carbons (Fsp3) is 0.0408. The molecule has 5 nitrogen and oxygen atoms in total. The summed E-state index contributed by atoms with van der Waals surface area (Å²) >= 11 is 0. The number of aromatic nitrogens is 2. The Balaban J connectivity index is 1.18. The van der Waals surface area contributed by atoms with Crippen molar-refractivity contribution in [1.29, 1.82) is 5.26 Å². The molecule has 5 heteroatoms. The molecule has 252 valence electrons. The number of hydrogen-bond donors (Lipinski definition) is 0. The molecule has 0 aliphatic heterocycles. The summed E-state index contributed by atoms with van der Waals surface area (Å²) in [7, 11) is 0. The van der Waals surface area contributed by atoms with E-state index in [9.17, 15) is 5.26 Å². The van der Waals surface area contributed by atoms with Crippen molar-refractivity contribution >= 4 is 82.7 Å². The van der Waals surface area contributed by atoms with Crippen molar-refractivity contribution in [1.82, 2.24) is 9.13 Å². The van der Waals surface area contributed by atoms with Crippen LogP contribution in [0.2, 0.25) is 0 Å². The average molecular weight is 692 g/mol. The smallest absolute Gasteiger partial charge is 0.136 e. The van der Waals surface area contributed by atoms with E-state index in [1.54, 1.807) is 0 Å². The van der Waals surface area contributed by atoms with Crippen molar-refractivity contribution in [3.8, 4) is 28.6 Å². The van der Waals surface area contributed by atoms with E-state index in [0.717, 1.165) is 107 Å². The second kappa shape index (κ2) is 10.9. The molecule has 0 spiro atoms. The van der Waals surface area contributed by atoms with E-state index < -0.39 is 0 Å². The van der Waals surface area contributed by atoms with Crippen LogP contribution in [-0.4, -0.2) is 9.13 Å². The van der Waals surface area contributed by atoms with E-state index in [-0.39, 0.29) is 0 Å². The zero-order valence-electron chi connectivity index (χ0n) is 29.0. The van der Waals surface area contributed by atoms with Crippen LogP contribution in [0, 0.1) is 11.3 Å². The molecule has 0 amide bonds. The number of nitriles is 1. The number of rotatable bonds is 3. The third-order valence-electron chi connectivity index (χ3n) is 11.4. The third-order valence-corrected chi connectivity index (χ3v) is 11.4. The average Bonchev–Trinajstić information content (AvgIpc) is 3.98. The molecule has 12 rings (SSSR count). The number of nitrogens with zero attached hydrogens (tertiary/aromatic N) is 3. The fourth-order valence-corrected chi connectivity index (χ4v) is 9.24. The number of para-hydroxylation sites is 4. The summed E-state index contributed by atoms with van der Waals surface area (Å²) in [6, 6.07) is 51.0.